The fourth-order valence-corrected chi connectivity index (χ4v) is 3.49. The fourth-order valence-electron chi connectivity index (χ4n) is 3.49. The Morgan fingerprint density at radius 3 is 2.05 bits per heavy atom. The van der Waals surface area contributed by atoms with Crippen molar-refractivity contribution in [2.24, 2.45) is 5.73 Å². The van der Waals surface area contributed by atoms with Crippen molar-refractivity contribution >= 4 is 10.8 Å². The minimum absolute atomic E-state index is 0.273. The third-order valence-electron chi connectivity index (χ3n) is 4.46. The van der Waals surface area contributed by atoms with Gasteiger partial charge in [-0.25, -0.2) is 0 Å². The van der Waals surface area contributed by atoms with Gasteiger partial charge in [0, 0.05) is 5.54 Å². The molecule has 0 spiro atoms. The Balaban J connectivity index is 1.89. The van der Waals surface area contributed by atoms with Gasteiger partial charge in [0.2, 0.25) is 0 Å². The Labute approximate surface area is 119 Å². The average Bonchev–Trinajstić information content (AvgIpc) is 2.84. The van der Waals surface area contributed by atoms with Crippen molar-refractivity contribution < 1.29 is 0 Å². The van der Waals surface area contributed by atoms with Crippen LogP contribution in [0.15, 0.2) is 66.7 Å². The lowest BCUT2D eigenvalue weighted by molar-refractivity contribution is 0.477. The summed E-state index contributed by atoms with van der Waals surface area (Å²) in [6, 6.07) is 23.6. The zero-order valence-electron chi connectivity index (χ0n) is 11.3. The van der Waals surface area contributed by atoms with Crippen molar-refractivity contribution in [2.45, 2.75) is 18.4 Å². The second-order valence-electron chi connectivity index (χ2n) is 5.81. The van der Waals surface area contributed by atoms with Crippen LogP contribution < -0.4 is 5.73 Å². The molecule has 3 aromatic carbocycles. The number of benzene rings is 3. The molecule has 0 bridgehead atoms. The van der Waals surface area contributed by atoms with E-state index in [-0.39, 0.29) is 5.54 Å². The Bertz CT molecular complexity index is 758. The van der Waals surface area contributed by atoms with E-state index in [2.05, 4.69) is 66.7 Å². The normalized spacial score (nSPS) is 16.2. The van der Waals surface area contributed by atoms with Crippen molar-refractivity contribution in [3.05, 3.63) is 83.4 Å². The summed E-state index contributed by atoms with van der Waals surface area (Å²) in [4.78, 5) is 0. The van der Waals surface area contributed by atoms with Gasteiger partial charge in [0.1, 0.15) is 0 Å². The van der Waals surface area contributed by atoms with Crippen LogP contribution in [-0.2, 0) is 18.4 Å². The summed E-state index contributed by atoms with van der Waals surface area (Å²) in [5.74, 6) is 0. The second kappa shape index (κ2) is 4.19. The molecular weight excluding hydrogens is 242 g/mol. The Morgan fingerprint density at radius 1 is 0.700 bits per heavy atom. The van der Waals surface area contributed by atoms with Crippen molar-refractivity contribution in [3.63, 3.8) is 0 Å². The van der Waals surface area contributed by atoms with Gasteiger partial charge in [-0.05, 0) is 40.3 Å². The molecule has 0 fully saturated rings. The minimum Gasteiger partial charge on any atom is -0.321 e. The molecule has 0 aliphatic heterocycles. The lowest BCUT2D eigenvalue weighted by Gasteiger charge is -2.26. The highest BCUT2D eigenvalue weighted by molar-refractivity contribution is 5.86. The molecule has 3 aromatic rings. The molecule has 1 aliphatic rings. The molecule has 20 heavy (non-hydrogen) atoms. The Morgan fingerprint density at radius 2 is 1.30 bits per heavy atom. The SMILES string of the molecule is NC1(c2cccc3ccccc23)Cc2ccccc2C1. The van der Waals surface area contributed by atoms with E-state index in [1.54, 1.807) is 0 Å². The standard InChI is InChI=1S/C19H17N/c20-19(12-15-7-1-2-8-16(15)13-19)18-11-5-9-14-6-3-4-10-17(14)18/h1-11H,12-13,20H2. The molecule has 2 N–H and O–H groups in total. The molecule has 0 saturated heterocycles. The Kier molecular flexibility index (Phi) is 2.45. The molecule has 0 amide bonds. The fraction of sp³-hybridized carbons (Fsp3) is 0.158. The molecule has 0 saturated carbocycles. The first-order valence-corrected chi connectivity index (χ1v) is 7.10. The zero-order chi connectivity index (χ0) is 13.6. The molecule has 98 valence electrons. The van der Waals surface area contributed by atoms with Gasteiger partial charge in [0.15, 0.2) is 0 Å². The van der Waals surface area contributed by atoms with Crippen molar-refractivity contribution in [1.82, 2.24) is 0 Å². The molecular formula is C19H17N. The van der Waals surface area contributed by atoms with E-state index in [4.69, 9.17) is 5.73 Å². The van der Waals surface area contributed by atoms with Crippen molar-refractivity contribution in [2.75, 3.05) is 0 Å². The molecule has 0 atom stereocenters. The maximum absolute atomic E-state index is 6.80. The predicted octanol–water partition coefficient (Wildman–Crippen LogP) is 3.79. The number of hydrogen-bond donors (Lipinski definition) is 1. The van der Waals surface area contributed by atoms with Gasteiger partial charge in [-0.2, -0.15) is 0 Å². The van der Waals surface area contributed by atoms with Crippen LogP contribution in [-0.4, -0.2) is 0 Å². The van der Waals surface area contributed by atoms with Crippen LogP contribution in [0.25, 0.3) is 10.8 Å². The monoisotopic (exact) mass is 259 g/mol. The Hall–Kier alpha value is -2.12. The molecule has 0 unspecified atom stereocenters. The molecule has 4 rings (SSSR count). The lowest BCUT2D eigenvalue weighted by atomic mass is 9.85. The van der Waals surface area contributed by atoms with Crippen LogP contribution in [0.3, 0.4) is 0 Å². The van der Waals surface area contributed by atoms with E-state index >= 15 is 0 Å². The van der Waals surface area contributed by atoms with Crippen LogP contribution in [0.1, 0.15) is 16.7 Å². The quantitative estimate of drug-likeness (QED) is 0.707. The van der Waals surface area contributed by atoms with Gasteiger partial charge in [-0.15, -0.1) is 0 Å². The van der Waals surface area contributed by atoms with Gasteiger partial charge < -0.3 is 5.73 Å². The zero-order valence-corrected chi connectivity index (χ0v) is 11.3. The first-order chi connectivity index (χ1) is 9.76. The van der Waals surface area contributed by atoms with E-state index in [0.717, 1.165) is 12.8 Å². The summed E-state index contributed by atoms with van der Waals surface area (Å²) >= 11 is 0. The summed E-state index contributed by atoms with van der Waals surface area (Å²) in [6.07, 6.45) is 1.86. The maximum atomic E-state index is 6.80. The molecule has 1 aliphatic carbocycles. The van der Waals surface area contributed by atoms with Crippen LogP contribution in [0.2, 0.25) is 0 Å². The van der Waals surface area contributed by atoms with Gasteiger partial charge in [0.25, 0.3) is 0 Å². The van der Waals surface area contributed by atoms with E-state index in [0.29, 0.717) is 0 Å². The predicted molar refractivity (Wildman–Crippen MR) is 83.7 cm³/mol. The third-order valence-corrected chi connectivity index (χ3v) is 4.46. The van der Waals surface area contributed by atoms with Crippen LogP contribution >= 0.6 is 0 Å². The molecule has 0 aromatic heterocycles. The largest absolute Gasteiger partial charge is 0.321 e. The van der Waals surface area contributed by atoms with Gasteiger partial charge in [-0.1, -0.05) is 66.7 Å². The smallest absolute Gasteiger partial charge is 0.0497 e. The summed E-state index contributed by atoms with van der Waals surface area (Å²) < 4.78 is 0. The van der Waals surface area contributed by atoms with E-state index < -0.39 is 0 Å². The highest BCUT2D eigenvalue weighted by Crippen LogP contribution is 2.38. The highest BCUT2D eigenvalue weighted by Gasteiger charge is 2.35. The van der Waals surface area contributed by atoms with Crippen LogP contribution in [0.5, 0.6) is 0 Å². The van der Waals surface area contributed by atoms with E-state index in [9.17, 15) is 0 Å². The maximum Gasteiger partial charge on any atom is 0.0497 e. The summed E-state index contributed by atoms with van der Waals surface area (Å²) in [5.41, 5.74) is 10.6. The molecule has 1 nitrogen and oxygen atoms in total. The molecule has 0 heterocycles. The average molecular weight is 259 g/mol. The van der Waals surface area contributed by atoms with Gasteiger partial charge >= 0.3 is 0 Å². The lowest BCUT2D eigenvalue weighted by Crippen LogP contribution is -2.37. The number of rotatable bonds is 1. The topological polar surface area (TPSA) is 26.0 Å². The first-order valence-electron chi connectivity index (χ1n) is 7.10. The van der Waals surface area contributed by atoms with E-state index in [1.165, 1.54) is 27.5 Å². The van der Waals surface area contributed by atoms with Crippen molar-refractivity contribution in [3.8, 4) is 0 Å². The van der Waals surface area contributed by atoms with Crippen molar-refractivity contribution in [1.29, 1.82) is 0 Å². The third kappa shape index (κ3) is 1.67. The molecule has 1 heteroatoms. The number of nitrogens with two attached hydrogens (primary N) is 1. The molecule has 0 radical (unpaired) electrons. The van der Waals surface area contributed by atoms with Crippen LogP contribution in [0.4, 0.5) is 0 Å². The highest BCUT2D eigenvalue weighted by atomic mass is 14.8. The first kappa shape index (κ1) is 11.7. The van der Waals surface area contributed by atoms with Crippen LogP contribution in [0, 0.1) is 0 Å². The minimum atomic E-state index is -0.273. The van der Waals surface area contributed by atoms with Gasteiger partial charge in [-0.3, -0.25) is 0 Å². The summed E-state index contributed by atoms with van der Waals surface area (Å²) in [6.45, 7) is 0. The van der Waals surface area contributed by atoms with Gasteiger partial charge in [0.05, 0.1) is 0 Å². The summed E-state index contributed by atoms with van der Waals surface area (Å²) in [5, 5.41) is 2.55. The summed E-state index contributed by atoms with van der Waals surface area (Å²) in [7, 11) is 0. The second-order valence-corrected chi connectivity index (χ2v) is 5.81. The number of fused-ring (bicyclic) bond motifs is 2. The van der Waals surface area contributed by atoms with E-state index in [1.807, 2.05) is 0 Å². The number of hydrogen-bond acceptors (Lipinski definition) is 1.